The van der Waals surface area contributed by atoms with E-state index in [4.69, 9.17) is 0 Å². The second kappa shape index (κ2) is 7.08. The molecule has 3 heteroatoms. The zero-order valence-corrected chi connectivity index (χ0v) is 12.8. The summed E-state index contributed by atoms with van der Waals surface area (Å²) in [7, 11) is 0. The van der Waals surface area contributed by atoms with E-state index < -0.39 is 0 Å². The Kier molecular flexibility index (Phi) is 4.91. The molecule has 0 unspecified atom stereocenters. The third-order valence-corrected chi connectivity index (χ3v) is 4.85. The molecule has 0 saturated carbocycles. The molecule has 2 aliphatic rings. The molecule has 3 rings (SSSR count). The van der Waals surface area contributed by atoms with Gasteiger partial charge in [-0.2, -0.15) is 0 Å². The molecule has 2 aliphatic heterocycles. The quantitative estimate of drug-likeness (QED) is 0.834. The van der Waals surface area contributed by atoms with Gasteiger partial charge in [-0.3, -0.25) is 4.79 Å². The van der Waals surface area contributed by atoms with E-state index in [1.54, 1.807) is 0 Å². The lowest BCUT2D eigenvalue weighted by Gasteiger charge is -2.22. The summed E-state index contributed by atoms with van der Waals surface area (Å²) in [5, 5.41) is 6.84. The zero-order chi connectivity index (χ0) is 14.5. The predicted molar refractivity (Wildman–Crippen MR) is 87.0 cm³/mol. The maximum absolute atomic E-state index is 12.4. The van der Waals surface area contributed by atoms with Crippen molar-refractivity contribution >= 4 is 11.5 Å². The van der Waals surface area contributed by atoms with E-state index in [1.807, 2.05) is 6.07 Å². The molecule has 114 valence electrons. The van der Waals surface area contributed by atoms with Crippen LogP contribution in [0, 0.1) is 5.92 Å². The van der Waals surface area contributed by atoms with Crippen LogP contribution in [0.25, 0.3) is 0 Å². The molecule has 1 saturated heterocycles. The number of anilines is 1. The van der Waals surface area contributed by atoms with E-state index in [2.05, 4.69) is 22.8 Å². The Morgan fingerprint density at radius 2 is 2.00 bits per heavy atom. The number of nitrogens with one attached hydrogen (secondary N) is 2. The first kappa shape index (κ1) is 14.6. The normalized spacial score (nSPS) is 19.4. The Balaban J connectivity index is 1.60. The lowest BCUT2D eigenvalue weighted by molar-refractivity contribution is 0.0970. The SMILES string of the molecule is O=C(CCC1CCNCC1)c1ccc2c(c1)CCCCN2. The minimum atomic E-state index is 0.320. The smallest absolute Gasteiger partial charge is 0.162 e. The maximum Gasteiger partial charge on any atom is 0.162 e. The highest BCUT2D eigenvalue weighted by atomic mass is 16.1. The van der Waals surface area contributed by atoms with Gasteiger partial charge in [0.2, 0.25) is 0 Å². The second-order valence-corrected chi connectivity index (χ2v) is 6.41. The summed E-state index contributed by atoms with van der Waals surface area (Å²) in [4.78, 5) is 12.4. The van der Waals surface area contributed by atoms with Crippen LogP contribution in [0.1, 0.15) is 54.4 Å². The highest BCUT2D eigenvalue weighted by Crippen LogP contribution is 2.24. The summed E-state index contributed by atoms with van der Waals surface area (Å²) in [6.45, 7) is 3.28. The number of aryl methyl sites for hydroxylation is 1. The number of benzene rings is 1. The molecule has 1 aromatic rings. The molecule has 2 N–H and O–H groups in total. The highest BCUT2D eigenvalue weighted by molar-refractivity contribution is 5.96. The standard InChI is InChI=1S/C18H26N2O/c21-18(7-4-14-8-11-19-12-9-14)16-5-6-17-15(13-16)3-1-2-10-20-17/h5-6,13-14,19-20H,1-4,7-12H2. The Hall–Kier alpha value is -1.35. The fraction of sp³-hybridized carbons (Fsp3) is 0.611. The highest BCUT2D eigenvalue weighted by Gasteiger charge is 2.16. The Labute approximate surface area is 127 Å². The first-order valence-corrected chi connectivity index (χ1v) is 8.43. The Bertz CT molecular complexity index is 492. The zero-order valence-electron chi connectivity index (χ0n) is 12.8. The van der Waals surface area contributed by atoms with Gasteiger partial charge in [-0.05, 0) is 81.3 Å². The first-order chi connectivity index (χ1) is 10.3. The van der Waals surface area contributed by atoms with Crippen molar-refractivity contribution < 1.29 is 4.79 Å². The van der Waals surface area contributed by atoms with Gasteiger partial charge in [-0.25, -0.2) is 0 Å². The van der Waals surface area contributed by atoms with E-state index in [9.17, 15) is 4.79 Å². The van der Waals surface area contributed by atoms with E-state index in [0.717, 1.165) is 44.0 Å². The largest absolute Gasteiger partial charge is 0.385 e. The molecular formula is C18H26N2O. The average Bonchev–Trinajstić information content (AvgIpc) is 2.78. The summed E-state index contributed by atoms with van der Waals surface area (Å²) in [6.07, 6.45) is 7.73. The number of ketones is 1. The summed E-state index contributed by atoms with van der Waals surface area (Å²) in [6, 6.07) is 6.22. The number of Topliss-reactive ketones (excluding diaryl/α,β-unsaturated/α-hetero) is 1. The number of fused-ring (bicyclic) bond motifs is 1. The van der Waals surface area contributed by atoms with Gasteiger partial charge in [0.05, 0.1) is 0 Å². The van der Waals surface area contributed by atoms with Gasteiger partial charge in [-0.1, -0.05) is 0 Å². The van der Waals surface area contributed by atoms with Crippen molar-refractivity contribution in [3.8, 4) is 0 Å². The molecule has 0 radical (unpaired) electrons. The fourth-order valence-corrected chi connectivity index (χ4v) is 3.46. The number of hydrogen-bond donors (Lipinski definition) is 2. The van der Waals surface area contributed by atoms with Crippen molar-refractivity contribution in [2.75, 3.05) is 25.0 Å². The summed E-state index contributed by atoms with van der Waals surface area (Å²) in [5.74, 6) is 1.05. The van der Waals surface area contributed by atoms with Crippen molar-refractivity contribution in [2.45, 2.75) is 44.9 Å². The van der Waals surface area contributed by atoms with Crippen LogP contribution in [0.5, 0.6) is 0 Å². The van der Waals surface area contributed by atoms with Crippen molar-refractivity contribution in [1.29, 1.82) is 0 Å². The molecule has 2 heterocycles. The van der Waals surface area contributed by atoms with Crippen molar-refractivity contribution in [1.82, 2.24) is 5.32 Å². The fourth-order valence-electron chi connectivity index (χ4n) is 3.46. The van der Waals surface area contributed by atoms with Gasteiger partial charge in [-0.15, -0.1) is 0 Å². The van der Waals surface area contributed by atoms with Gasteiger partial charge in [0, 0.05) is 24.2 Å². The third kappa shape index (κ3) is 3.85. The molecule has 0 aliphatic carbocycles. The minimum absolute atomic E-state index is 0.320. The topological polar surface area (TPSA) is 41.1 Å². The molecule has 0 bridgehead atoms. The molecule has 21 heavy (non-hydrogen) atoms. The Morgan fingerprint density at radius 3 is 2.86 bits per heavy atom. The van der Waals surface area contributed by atoms with Crippen molar-refractivity contribution in [2.24, 2.45) is 5.92 Å². The lowest BCUT2D eigenvalue weighted by atomic mass is 9.91. The van der Waals surface area contributed by atoms with Gasteiger partial charge in [0.15, 0.2) is 5.78 Å². The first-order valence-electron chi connectivity index (χ1n) is 8.43. The number of hydrogen-bond acceptors (Lipinski definition) is 3. The van der Waals surface area contributed by atoms with Crippen LogP contribution in [0.15, 0.2) is 18.2 Å². The van der Waals surface area contributed by atoms with Crippen LogP contribution in [0.4, 0.5) is 5.69 Å². The van der Waals surface area contributed by atoms with E-state index in [0.29, 0.717) is 12.2 Å². The van der Waals surface area contributed by atoms with Crippen molar-refractivity contribution in [3.63, 3.8) is 0 Å². The number of carbonyl (C=O) groups is 1. The minimum Gasteiger partial charge on any atom is -0.385 e. The number of rotatable bonds is 4. The van der Waals surface area contributed by atoms with E-state index >= 15 is 0 Å². The summed E-state index contributed by atoms with van der Waals surface area (Å²) < 4.78 is 0. The molecule has 1 aromatic carbocycles. The molecule has 1 fully saturated rings. The van der Waals surface area contributed by atoms with Gasteiger partial charge < -0.3 is 10.6 Å². The monoisotopic (exact) mass is 286 g/mol. The van der Waals surface area contributed by atoms with E-state index in [1.165, 1.54) is 36.9 Å². The van der Waals surface area contributed by atoms with Crippen molar-refractivity contribution in [3.05, 3.63) is 29.3 Å². The lowest BCUT2D eigenvalue weighted by Crippen LogP contribution is -2.28. The van der Waals surface area contributed by atoms with Gasteiger partial charge in [0.1, 0.15) is 0 Å². The van der Waals surface area contributed by atoms with Crippen LogP contribution >= 0.6 is 0 Å². The molecule has 0 spiro atoms. The average molecular weight is 286 g/mol. The molecule has 0 aromatic heterocycles. The molecule has 0 amide bonds. The summed E-state index contributed by atoms with van der Waals surface area (Å²) >= 11 is 0. The van der Waals surface area contributed by atoms with E-state index in [-0.39, 0.29) is 0 Å². The molecule has 3 nitrogen and oxygen atoms in total. The summed E-state index contributed by atoms with van der Waals surface area (Å²) in [5.41, 5.74) is 3.45. The second-order valence-electron chi connectivity index (χ2n) is 6.41. The number of piperidine rings is 1. The maximum atomic E-state index is 12.4. The van der Waals surface area contributed by atoms with Crippen LogP contribution in [-0.2, 0) is 6.42 Å². The third-order valence-electron chi connectivity index (χ3n) is 4.85. The predicted octanol–water partition coefficient (Wildman–Crippen LogP) is 3.40. The van der Waals surface area contributed by atoms with Crippen LogP contribution < -0.4 is 10.6 Å². The Morgan fingerprint density at radius 1 is 1.14 bits per heavy atom. The van der Waals surface area contributed by atoms with Crippen LogP contribution in [-0.4, -0.2) is 25.4 Å². The van der Waals surface area contributed by atoms with Crippen LogP contribution in [0.3, 0.4) is 0 Å². The van der Waals surface area contributed by atoms with Gasteiger partial charge >= 0.3 is 0 Å². The van der Waals surface area contributed by atoms with Crippen LogP contribution in [0.2, 0.25) is 0 Å². The molecular weight excluding hydrogens is 260 g/mol. The molecule has 0 atom stereocenters. The number of carbonyl (C=O) groups excluding carboxylic acids is 1. The van der Waals surface area contributed by atoms with Gasteiger partial charge in [0.25, 0.3) is 0 Å².